The van der Waals surface area contributed by atoms with Crippen molar-refractivity contribution in [3.8, 4) is 5.75 Å². The quantitative estimate of drug-likeness (QED) is 0.837. The van der Waals surface area contributed by atoms with Crippen LogP contribution in [-0.4, -0.2) is 36.2 Å². The molecule has 1 aliphatic heterocycles. The Morgan fingerprint density at radius 2 is 2.10 bits per heavy atom. The topological polar surface area (TPSA) is 35.5 Å². The van der Waals surface area contributed by atoms with Gasteiger partial charge >= 0.3 is 0 Å². The highest BCUT2D eigenvalue weighted by molar-refractivity contribution is 6.30. The number of piperazine rings is 1. The minimum absolute atomic E-state index is 0.145. The molecule has 2 rings (SSSR count). The van der Waals surface area contributed by atoms with Gasteiger partial charge in [-0.15, -0.1) is 6.58 Å². The van der Waals surface area contributed by atoms with Crippen LogP contribution < -0.4 is 5.32 Å². The van der Waals surface area contributed by atoms with Crippen molar-refractivity contribution < 1.29 is 5.11 Å². The van der Waals surface area contributed by atoms with Crippen LogP contribution in [0.4, 0.5) is 0 Å². The molecule has 0 unspecified atom stereocenters. The number of benzene rings is 1. The Hall–Kier alpha value is -1.03. The van der Waals surface area contributed by atoms with E-state index < -0.39 is 0 Å². The summed E-state index contributed by atoms with van der Waals surface area (Å²) in [6.07, 6.45) is 0.841. The Kier molecular flexibility index (Phi) is 5.08. The van der Waals surface area contributed by atoms with E-state index in [1.165, 1.54) is 0 Å². The van der Waals surface area contributed by atoms with Crippen LogP contribution >= 0.6 is 11.6 Å². The van der Waals surface area contributed by atoms with Gasteiger partial charge in [0.1, 0.15) is 5.75 Å². The fourth-order valence-electron chi connectivity index (χ4n) is 2.78. The molecule has 0 aliphatic carbocycles. The van der Waals surface area contributed by atoms with Crippen LogP contribution in [0.15, 0.2) is 24.3 Å². The Balaban J connectivity index is 2.37. The maximum absolute atomic E-state index is 10.4. The van der Waals surface area contributed by atoms with Crippen molar-refractivity contribution in [1.82, 2.24) is 10.2 Å². The molecule has 1 aromatic rings. The smallest absolute Gasteiger partial charge is 0.123 e. The number of nitrogens with one attached hydrogen (secondary N) is 1. The van der Waals surface area contributed by atoms with Crippen LogP contribution in [0.25, 0.3) is 0 Å². The minimum atomic E-state index is 0.145. The molecule has 20 heavy (non-hydrogen) atoms. The van der Waals surface area contributed by atoms with Crippen molar-refractivity contribution in [3.63, 3.8) is 0 Å². The van der Waals surface area contributed by atoms with Crippen LogP contribution in [-0.2, 0) is 0 Å². The van der Waals surface area contributed by atoms with Gasteiger partial charge in [0.25, 0.3) is 0 Å². The van der Waals surface area contributed by atoms with E-state index in [4.69, 9.17) is 11.6 Å². The largest absolute Gasteiger partial charge is 0.507 e. The van der Waals surface area contributed by atoms with Gasteiger partial charge in [-0.3, -0.25) is 4.90 Å². The van der Waals surface area contributed by atoms with Gasteiger partial charge in [-0.1, -0.05) is 17.2 Å². The van der Waals surface area contributed by atoms with E-state index in [2.05, 4.69) is 16.8 Å². The number of halogens is 1. The summed E-state index contributed by atoms with van der Waals surface area (Å²) in [7, 11) is 0. The number of phenolic OH excluding ortho intramolecular Hbond substituents is 1. The predicted octanol–water partition coefficient (Wildman–Crippen LogP) is 3.27. The lowest BCUT2D eigenvalue weighted by Crippen LogP contribution is -2.45. The summed E-state index contributed by atoms with van der Waals surface area (Å²) in [5.74, 6) is 0.360. The Morgan fingerprint density at radius 1 is 1.45 bits per heavy atom. The highest BCUT2D eigenvalue weighted by Gasteiger charge is 2.25. The van der Waals surface area contributed by atoms with E-state index >= 15 is 0 Å². The molecule has 0 radical (unpaired) electrons. The summed E-state index contributed by atoms with van der Waals surface area (Å²) in [5, 5.41) is 14.4. The van der Waals surface area contributed by atoms with Gasteiger partial charge in [0.15, 0.2) is 0 Å². The first kappa shape index (κ1) is 15.4. The second-order valence-corrected chi connectivity index (χ2v) is 6.06. The Bertz CT molecular complexity index is 495. The SMILES string of the molecule is C=C(C)C[C@@H](c1cc(Cl)cc(C)c1O)N1CCNCC1. The van der Waals surface area contributed by atoms with Gasteiger partial charge < -0.3 is 10.4 Å². The van der Waals surface area contributed by atoms with Gasteiger partial charge in [0.2, 0.25) is 0 Å². The molecule has 110 valence electrons. The highest BCUT2D eigenvalue weighted by atomic mass is 35.5. The molecule has 1 aliphatic rings. The summed E-state index contributed by atoms with van der Waals surface area (Å²) in [6, 6.07) is 3.84. The maximum Gasteiger partial charge on any atom is 0.123 e. The normalized spacial score (nSPS) is 17.9. The zero-order valence-electron chi connectivity index (χ0n) is 12.2. The zero-order valence-corrected chi connectivity index (χ0v) is 13.0. The summed E-state index contributed by atoms with van der Waals surface area (Å²) in [4.78, 5) is 2.40. The number of hydrogen-bond donors (Lipinski definition) is 2. The molecule has 1 saturated heterocycles. The third-order valence-corrected chi connectivity index (χ3v) is 4.01. The number of rotatable bonds is 4. The Labute approximate surface area is 126 Å². The van der Waals surface area contributed by atoms with Crippen LogP contribution in [0.5, 0.6) is 5.75 Å². The fraction of sp³-hybridized carbons (Fsp3) is 0.500. The molecule has 1 heterocycles. The third kappa shape index (κ3) is 3.54. The molecule has 4 heteroatoms. The Morgan fingerprint density at radius 3 is 2.70 bits per heavy atom. The van der Waals surface area contributed by atoms with E-state index in [1.807, 2.05) is 19.9 Å². The predicted molar refractivity (Wildman–Crippen MR) is 84.5 cm³/mol. The maximum atomic E-state index is 10.4. The van der Waals surface area contributed by atoms with E-state index in [-0.39, 0.29) is 6.04 Å². The molecule has 0 saturated carbocycles. The van der Waals surface area contributed by atoms with Gasteiger partial charge in [-0.2, -0.15) is 0 Å². The lowest BCUT2D eigenvalue weighted by Gasteiger charge is -2.36. The van der Waals surface area contributed by atoms with E-state index in [1.54, 1.807) is 6.07 Å². The monoisotopic (exact) mass is 294 g/mol. The van der Waals surface area contributed by atoms with E-state index in [0.29, 0.717) is 10.8 Å². The first-order valence-corrected chi connectivity index (χ1v) is 7.45. The molecule has 0 aromatic heterocycles. The average molecular weight is 295 g/mol. The first-order valence-electron chi connectivity index (χ1n) is 7.07. The van der Waals surface area contributed by atoms with Crippen LogP contribution in [0, 0.1) is 6.92 Å². The van der Waals surface area contributed by atoms with E-state index in [9.17, 15) is 5.11 Å². The van der Waals surface area contributed by atoms with Gasteiger partial charge in [0, 0.05) is 42.8 Å². The fourth-order valence-corrected chi connectivity index (χ4v) is 3.06. The standard InChI is InChI=1S/C16H23ClN2O/c1-11(2)8-15(19-6-4-18-5-7-19)14-10-13(17)9-12(3)16(14)20/h9-10,15,18,20H,1,4-8H2,2-3H3/t15-/m0/s1. The number of aryl methyl sites for hydroxylation is 1. The highest BCUT2D eigenvalue weighted by Crippen LogP contribution is 2.37. The zero-order chi connectivity index (χ0) is 14.7. The lowest BCUT2D eigenvalue weighted by molar-refractivity contribution is 0.170. The molecule has 3 nitrogen and oxygen atoms in total. The van der Waals surface area contributed by atoms with Crippen molar-refractivity contribution in [2.75, 3.05) is 26.2 Å². The number of phenols is 1. The molecule has 0 bridgehead atoms. The van der Waals surface area contributed by atoms with Crippen molar-refractivity contribution in [2.45, 2.75) is 26.3 Å². The molecule has 0 amide bonds. The molecule has 2 N–H and O–H groups in total. The number of nitrogens with zero attached hydrogens (tertiary/aromatic N) is 1. The second-order valence-electron chi connectivity index (χ2n) is 5.62. The molecular weight excluding hydrogens is 272 g/mol. The van der Waals surface area contributed by atoms with Crippen LogP contribution in [0.3, 0.4) is 0 Å². The summed E-state index contributed by atoms with van der Waals surface area (Å²) < 4.78 is 0. The van der Waals surface area contributed by atoms with Crippen molar-refractivity contribution in [3.05, 3.63) is 40.4 Å². The molecule has 1 fully saturated rings. The van der Waals surface area contributed by atoms with Crippen molar-refractivity contribution in [2.24, 2.45) is 0 Å². The van der Waals surface area contributed by atoms with Crippen LogP contribution in [0.1, 0.15) is 30.5 Å². The van der Waals surface area contributed by atoms with Gasteiger partial charge in [0.05, 0.1) is 0 Å². The number of hydrogen-bond acceptors (Lipinski definition) is 3. The van der Waals surface area contributed by atoms with E-state index in [0.717, 1.165) is 49.3 Å². The molecular formula is C16H23ClN2O. The van der Waals surface area contributed by atoms with Crippen molar-refractivity contribution in [1.29, 1.82) is 0 Å². The molecule has 1 atom stereocenters. The minimum Gasteiger partial charge on any atom is -0.507 e. The molecule has 0 spiro atoms. The summed E-state index contributed by atoms with van der Waals surface area (Å²) in [5.41, 5.74) is 2.86. The summed E-state index contributed by atoms with van der Waals surface area (Å²) in [6.45, 7) is 11.9. The summed E-state index contributed by atoms with van der Waals surface area (Å²) >= 11 is 6.18. The van der Waals surface area contributed by atoms with Gasteiger partial charge in [-0.25, -0.2) is 0 Å². The van der Waals surface area contributed by atoms with Gasteiger partial charge in [-0.05, 0) is 38.0 Å². The van der Waals surface area contributed by atoms with Crippen LogP contribution in [0.2, 0.25) is 5.02 Å². The average Bonchev–Trinajstić information content (AvgIpc) is 2.41. The second kappa shape index (κ2) is 6.61. The molecule has 1 aromatic carbocycles. The lowest BCUT2D eigenvalue weighted by atomic mass is 9.95. The first-order chi connectivity index (χ1) is 9.49. The third-order valence-electron chi connectivity index (χ3n) is 3.79. The van der Waals surface area contributed by atoms with Crippen molar-refractivity contribution >= 4 is 11.6 Å². The number of aromatic hydroxyl groups is 1.